The van der Waals surface area contributed by atoms with Crippen LogP contribution in [0, 0.1) is 0 Å². The Bertz CT molecular complexity index is 3170. The highest BCUT2D eigenvalue weighted by Gasteiger charge is 2.17. The monoisotopic (exact) mass is 713 g/mol. The van der Waals surface area contributed by atoms with Gasteiger partial charge in [-0.25, -0.2) is 4.98 Å². The van der Waals surface area contributed by atoms with Gasteiger partial charge in [-0.2, -0.15) is 0 Å². The third-order valence-corrected chi connectivity index (χ3v) is 11.1. The van der Waals surface area contributed by atoms with Gasteiger partial charge in [0.1, 0.15) is 0 Å². The molecule has 8 aromatic carbocycles. The highest BCUT2D eigenvalue weighted by atomic mass is 15.0. The van der Waals surface area contributed by atoms with E-state index in [0.717, 1.165) is 45.0 Å². The quantitative estimate of drug-likeness (QED) is 0.168. The van der Waals surface area contributed by atoms with Gasteiger partial charge in [-0.05, 0) is 89.0 Å². The smallest absolute Gasteiger partial charge is 0.0715 e. The Morgan fingerprint density at radius 1 is 0.250 bits per heavy atom. The molecule has 0 spiro atoms. The lowest BCUT2D eigenvalue weighted by molar-refractivity contribution is 1.18. The normalized spacial score (nSPS) is 11.6. The molecule has 11 aromatic rings. The number of nitrogens with zero attached hydrogens (tertiary/aromatic N) is 3. The molecule has 0 N–H and O–H groups in total. The van der Waals surface area contributed by atoms with Crippen molar-refractivity contribution in [1.82, 2.24) is 14.1 Å². The van der Waals surface area contributed by atoms with Crippen LogP contribution < -0.4 is 0 Å². The van der Waals surface area contributed by atoms with Crippen LogP contribution in [0.5, 0.6) is 0 Å². The zero-order valence-corrected chi connectivity index (χ0v) is 30.5. The van der Waals surface area contributed by atoms with Crippen LogP contribution in [0.3, 0.4) is 0 Å². The average molecular weight is 714 g/mol. The van der Waals surface area contributed by atoms with Crippen LogP contribution in [0.15, 0.2) is 212 Å². The molecule has 56 heavy (non-hydrogen) atoms. The van der Waals surface area contributed by atoms with Crippen LogP contribution in [0.2, 0.25) is 0 Å². The van der Waals surface area contributed by atoms with Gasteiger partial charge in [0.2, 0.25) is 0 Å². The van der Waals surface area contributed by atoms with Crippen LogP contribution >= 0.6 is 0 Å². The maximum absolute atomic E-state index is 5.13. The lowest BCUT2D eigenvalue weighted by Crippen LogP contribution is -1.95. The first kappa shape index (κ1) is 32.0. The van der Waals surface area contributed by atoms with Crippen molar-refractivity contribution in [3.63, 3.8) is 0 Å². The zero-order chi connectivity index (χ0) is 37.0. The number of fused-ring (bicyclic) bond motifs is 6. The number of pyridine rings is 1. The molecule has 0 fully saturated rings. The molecule has 0 radical (unpaired) electrons. The molecule has 3 heteroatoms. The largest absolute Gasteiger partial charge is 0.309 e. The van der Waals surface area contributed by atoms with Crippen molar-refractivity contribution in [3.8, 4) is 56.1 Å². The molecule has 0 atom stereocenters. The molecule has 0 aliphatic carbocycles. The summed E-state index contributed by atoms with van der Waals surface area (Å²) in [5.74, 6) is 0. The summed E-state index contributed by atoms with van der Waals surface area (Å²) < 4.78 is 4.80. The molecule has 3 aromatic heterocycles. The topological polar surface area (TPSA) is 22.8 Å². The van der Waals surface area contributed by atoms with Crippen molar-refractivity contribution >= 4 is 43.6 Å². The van der Waals surface area contributed by atoms with Crippen molar-refractivity contribution < 1.29 is 0 Å². The zero-order valence-electron chi connectivity index (χ0n) is 30.5. The number of aromatic nitrogens is 3. The molecule has 0 saturated heterocycles. The predicted molar refractivity (Wildman–Crippen MR) is 235 cm³/mol. The Morgan fingerprint density at radius 3 is 1.39 bits per heavy atom. The minimum atomic E-state index is 0.957. The van der Waals surface area contributed by atoms with E-state index in [1.54, 1.807) is 0 Å². The fraction of sp³-hybridized carbons (Fsp3) is 0. The minimum absolute atomic E-state index is 0.957. The summed E-state index contributed by atoms with van der Waals surface area (Å²) in [5, 5.41) is 4.98. The van der Waals surface area contributed by atoms with Crippen LogP contribution in [0.25, 0.3) is 99.8 Å². The summed E-state index contributed by atoms with van der Waals surface area (Å²) >= 11 is 0. The van der Waals surface area contributed by atoms with Gasteiger partial charge in [-0.15, -0.1) is 0 Å². The summed E-state index contributed by atoms with van der Waals surface area (Å²) in [6.45, 7) is 0. The molecule has 0 aliphatic heterocycles. The van der Waals surface area contributed by atoms with Gasteiger partial charge < -0.3 is 9.13 Å². The second kappa shape index (κ2) is 13.1. The highest BCUT2D eigenvalue weighted by molar-refractivity contribution is 6.12. The van der Waals surface area contributed by atoms with Gasteiger partial charge in [0.15, 0.2) is 0 Å². The van der Waals surface area contributed by atoms with E-state index in [4.69, 9.17) is 4.98 Å². The standard InChI is InChI=1S/C53H35N3/c1-4-15-36(16-5-1)48-33-41(34-49(54-48)37-17-6-2-7-18-37)38-19-14-22-43(31-38)56-51-26-13-11-24-45(51)47-32-39(28-30-52(47)56)40-27-29-46-44-23-10-12-25-50(44)55(53(46)35-40)42-20-8-3-9-21-42/h1-35H. The second-order valence-corrected chi connectivity index (χ2v) is 14.4. The first-order chi connectivity index (χ1) is 27.8. The Labute approximate surface area is 325 Å². The number of rotatable bonds is 6. The van der Waals surface area contributed by atoms with Crippen LogP contribution in [-0.2, 0) is 0 Å². The van der Waals surface area contributed by atoms with Gasteiger partial charge in [0.25, 0.3) is 0 Å². The van der Waals surface area contributed by atoms with Gasteiger partial charge in [-0.1, -0.05) is 146 Å². The van der Waals surface area contributed by atoms with Gasteiger partial charge in [0, 0.05) is 44.0 Å². The molecule has 262 valence electrons. The Morgan fingerprint density at radius 2 is 0.714 bits per heavy atom. The molecular weight excluding hydrogens is 679 g/mol. The van der Waals surface area contributed by atoms with Crippen molar-refractivity contribution in [2.24, 2.45) is 0 Å². The molecule has 3 heterocycles. The van der Waals surface area contributed by atoms with E-state index in [1.165, 1.54) is 54.7 Å². The van der Waals surface area contributed by atoms with Crippen molar-refractivity contribution in [2.45, 2.75) is 0 Å². The Kier molecular flexibility index (Phi) is 7.49. The number of para-hydroxylation sites is 3. The second-order valence-electron chi connectivity index (χ2n) is 14.4. The van der Waals surface area contributed by atoms with E-state index >= 15 is 0 Å². The lowest BCUT2D eigenvalue weighted by Gasteiger charge is -2.13. The fourth-order valence-corrected chi connectivity index (χ4v) is 8.47. The Balaban J connectivity index is 1.06. The molecule has 0 aliphatic rings. The highest BCUT2D eigenvalue weighted by Crippen LogP contribution is 2.39. The molecule has 0 bridgehead atoms. The van der Waals surface area contributed by atoms with Crippen LogP contribution in [0.4, 0.5) is 0 Å². The van der Waals surface area contributed by atoms with Gasteiger partial charge in [-0.3, -0.25) is 0 Å². The number of hydrogen-bond acceptors (Lipinski definition) is 1. The number of benzene rings is 8. The first-order valence-corrected chi connectivity index (χ1v) is 19.1. The molecule has 11 rings (SSSR count). The fourth-order valence-electron chi connectivity index (χ4n) is 8.47. The summed E-state index contributed by atoms with van der Waals surface area (Å²) in [4.78, 5) is 5.13. The predicted octanol–water partition coefficient (Wildman–Crippen LogP) is 13.9. The van der Waals surface area contributed by atoms with E-state index in [0.29, 0.717) is 0 Å². The average Bonchev–Trinajstić information content (AvgIpc) is 3.79. The van der Waals surface area contributed by atoms with Crippen molar-refractivity contribution in [3.05, 3.63) is 212 Å². The third kappa shape index (κ3) is 5.32. The van der Waals surface area contributed by atoms with Crippen LogP contribution in [0.1, 0.15) is 0 Å². The van der Waals surface area contributed by atoms with E-state index in [2.05, 4.69) is 209 Å². The first-order valence-electron chi connectivity index (χ1n) is 19.1. The van der Waals surface area contributed by atoms with E-state index in [9.17, 15) is 0 Å². The van der Waals surface area contributed by atoms with Gasteiger partial charge in [0.05, 0.1) is 33.5 Å². The van der Waals surface area contributed by atoms with E-state index < -0.39 is 0 Å². The van der Waals surface area contributed by atoms with Gasteiger partial charge >= 0.3 is 0 Å². The number of hydrogen-bond donors (Lipinski definition) is 0. The molecule has 0 amide bonds. The summed E-state index contributed by atoms with van der Waals surface area (Å²) in [6, 6.07) is 76.3. The molecule has 3 nitrogen and oxygen atoms in total. The van der Waals surface area contributed by atoms with Crippen molar-refractivity contribution in [2.75, 3.05) is 0 Å². The summed E-state index contributed by atoms with van der Waals surface area (Å²) in [6.07, 6.45) is 0. The Hall–Kier alpha value is -7.49. The lowest BCUT2D eigenvalue weighted by atomic mass is 9.99. The SMILES string of the molecule is c1ccc(-c2cc(-c3cccc(-n4c5ccccc5c5cc(-c6ccc7c8ccccc8n(-c8ccccc8)c7c6)ccc54)c3)cc(-c3ccccc3)n2)cc1. The summed E-state index contributed by atoms with van der Waals surface area (Å²) in [5.41, 5.74) is 15.8. The van der Waals surface area contributed by atoms with Crippen molar-refractivity contribution in [1.29, 1.82) is 0 Å². The van der Waals surface area contributed by atoms with Crippen LogP contribution in [-0.4, -0.2) is 14.1 Å². The molecule has 0 unspecified atom stereocenters. The third-order valence-electron chi connectivity index (χ3n) is 11.1. The molecule has 0 saturated carbocycles. The maximum atomic E-state index is 5.13. The van der Waals surface area contributed by atoms with E-state index in [1.807, 2.05) is 12.1 Å². The molecular formula is C53H35N3. The maximum Gasteiger partial charge on any atom is 0.0715 e. The summed E-state index contributed by atoms with van der Waals surface area (Å²) in [7, 11) is 0. The van der Waals surface area contributed by atoms with E-state index in [-0.39, 0.29) is 0 Å². The minimum Gasteiger partial charge on any atom is -0.309 e.